The number of methoxy groups -OCH3 is 3. The van der Waals surface area contributed by atoms with Gasteiger partial charge in [0, 0.05) is 23.9 Å². The topological polar surface area (TPSA) is 78.4 Å². The Morgan fingerprint density at radius 3 is 2.45 bits per heavy atom. The van der Waals surface area contributed by atoms with Crippen LogP contribution in [0.2, 0.25) is 0 Å². The molecule has 9 heteroatoms. The zero-order valence-corrected chi connectivity index (χ0v) is 17.4. The first-order valence-corrected chi connectivity index (χ1v) is 9.73. The summed E-state index contributed by atoms with van der Waals surface area (Å²) in [4.78, 5) is 20.1. The fourth-order valence-corrected chi connectivity index (χ4v) is 4.13. The zero-order valence-electron chi connectivity index (χ0n) is 16.6. The third kappa shape index (κ3) is 3.49. The first-order valence-electron chi connectivity index (χ1n) is 8.91. The lowest BCUT2D eigenvalue weighted by Gasteiger charge is -2.27. The molecular formula is C20H21N3O5S. The molecule has 0 spiro atoms. The van der Waals surface area contributed by atoms with E-state index in [0.717, 1.165) is 11.4 Å². The maximum atomic E-state index is 12.9. The molecule has 0 saturated carbocycles. The molecule has 29 heavy (non-hydrogen) atoms. The number of anilines is 1. The summed E-state index contributed by atoms with van der Waals surface area (Å²) in [7, 11) is 4.70. The molecule has 0 aliphatic carbocycles. The molecule has 1 aliphatic heterocycles. The lowest BCUT2D eigenvalue weighted by atomic mass is 10.2. The molecule has 1 aliphatic rings. The molecule has 0 bridgehead atoms. The van der Waals surface area contributed by atoms with E-state index in [4.69, 9.17) is 18.6 Å². The molecule has 3 aromatic rings. The van der Waals surface area contributed by atoms with Crippen LogP contribution in [-0.2, 0) is 6.67 Å². The Hall–Kier alpha value is -3.20. The van der Waals surface area contributed by atoms with Crippen LogP contribution in [0.1, 0.15) is 11.5 Å². The van der Waals surface area contributed by atoms with Crippen LogP contribution in [0, 0.1) is 6.92 Å². The molecule has 0 amide bonds. The van der Waals surface area contributed by atoms with Gasteiger partial charge in [-0.05, 0) is 19.1 Å². The van der Waals surface area contributed by atoms with Gasteiger partial charge in [-0.25, -0.2) is 4.99 Å². The van der Waals surface area contributed by atoms with Gasteiger partial charge in [0.1, 0.15) is 24.9 Å². The first kappa shape index (κ1) is 19.1. The average molecular weight is 415 g/mol. The number of nitrogens with zero attached hydrogens (tertiary/aromatic N) is 3. The van der Waals surface area contributed by atoms with E-state index >= 15 is 0 Å². The number of thiazole rings is 1. The van der Waals surface area contributed by atoms with Crippen molar-refractivity contribution in [2.75, 3.05) is 32.9 Å². The molecule has 2 aromatic heterocycles. The van der Waals surface area contributed by atoms with Crippen LogP contribution in [0.5, 0.6) is 17.2 Å². The summed E-state index contributed by atoms with van der Waals surface area (Å²) in [6, 6.07) is 7.40. The van der Waals surface area contributed by atoms with E-state index in [1.54, 1.807) is 32.0 Å². The molecule has 8 nitrogen and oxygen atoms in total. The quantitative estimate of drug-likeness (QED) is 0.632. The van der Waals surface area contributed by atoms with Crippen molar-refractivity contribution in [2.45, 2.75) is 13.6 Å². The molecule has 152 valence electrons. The second-order valence-electron chi connectivity index (χ2n) is 6.44. The number of hydrogen-bond donors (Lipinski definition) is 0. The van der Waals surface area contributed by atoms with Crippen molar-refractivity contribution in [3.8, 4) is 17.2 Å². The highest BCUT2D eigenvalue weighted by Crippen LogP contribution is 2.41. The smallest absolute Gasteiger partial charge is 0.271 e. The minimum Gasteiger partial charge on any atom is -0.493 e. The Bertz CT molecular complexity index is 1200. The molecule has 0 saturated heterocycles. The minimum atomic E-state index is -0.0973. The van der Waals surface area contributed by atoms with Crippen molar-refractivity contribution >= 4 is 23.1 Å². The van der Waals surface area contributed by atoms with E-state index < -0.39 is 0 Å². The van der Waals surface area contributed by atoms with Gasteiger partial charge in [0.2, 0.25) is 5.75 Å². The fourth-order valence-electron chi connectivity index (χ4n) is 3.19. The number of benzene rings is 1. The van der Waals surface area contributed by atoms with E-state index in [1.807, 2.05) is 36.1 Å². The van der Waals surface area contributed by atoms with Crippen molar-refractivity contribution in [3.63, 3.8) is 0 Å². The van der Waals surface area contributed by atoms with E-state index in [9.17, 15) is 4.79 Å². The summed E-state index contributed by atoms with van der Waals surface area (Å²) in [5.74, 6) is 3.07. The Kier molecular flexibility index (Phi) is 5.06. The summed E-state index contributed by atoms with van der Waals surface area (Å²) in [6.45, 7) is 2.66. The van der Waals surface area contributed by atoms with Crippen LogP contribution in [-0.4, -0.2) is 32.6 Å². The zero-order chi connectivity index (χ0) is 20.5. The number of furan rings is 1. The van der Waals surface area contributed by atoms with Gasteiger partial charge >= 0.3 is 0 Å². The van der Waals surface area contributed by atoms with Gasteiger partial charge in [0.15, 0.2) is 16.3 Å². The number of aromatic nitrogens is 1. The van der Waals surface area contributed by atoms with Crippen LogP contribution >= 0.6 is 11.3 Å². The Labute approximate surface area is 170 Å². The molecule has 0 fully saturated rings. The highest BCUT2D eigenvalue weighted by molar-refractivity contribution is 7.07. The number of hydrogen-bond acceptors (Lipinski definition) is 8. The van der Waals surface area contributed by atoms with E-state index in [2.05, 4.69) is 4.99 Å². The highest BCUT2D eigenvalue weighted by Gasteiger charge is 2.20. The first-order chi connectivity index (χ1) is 14.0. The minimum absolute atomic E-state index is 0.0973. The highest BCUT2D eigenvalue weighted by atomic mass is 32.1. The predicted molar refractivity (Wildman–Crippen MR) is 110 cm³/mol. The maximum Gasteiger partial charge on any atom is 0.271 e. The Balaban J connectivity index is 1.71. The molecule has 4 rings (SSSR count). The monoisotopic (exact) mass is 415 g/mol. The SMILES string of the molecule is COc1cc(N2CN=c3s/c(=C/c4ccc(C)o4)c(=O)n3C2)cc(OC)c1OC. The third-order valence-electron chi connectivity index (χ3n) is 4.63. The summed E-state index contributed by atoms with van der Waals surface area (Å²) >= 11 is 1.36. The predicted octanol–water partition coefficient (Wildman–Crippen LogP) is 1.72. The van der Waals surface area contributed by atoms with Crippen molar-refractivity contribution < 1.29 is 18.6 Å². The van der Waals surface area contributed by atoms with E-state index in [1.165, 1.54) is 11.3 Å². The van der Waals surface area contributed by atoms with E-state index in [0.29, 0.717) is 45.7 Å². The summed E-state index contributed by atoms with van der Waals surface area (Å²) in [5, 5.41) is 0. The maximum absolute atomic E-state index is 12.9. The lowest BCUT2D eigenvalue weighted by Crippen LogP contribution is -2.42. The summed E-state index contributed by atoms with van der Waals surface area (Å²) in [5.41, 5.74) is 0.721. The number of aryl methyl sites for hydroxylation is 1. The van der Waals surface area contributed by atoms with Gasteiger partial charge < -0.3 is 23.5 Å². The van der Waals surface area contributed by atoms with Crippen molar-refractivity contribution in [1.82, 2.24) is 4.57 Å². The van der Waals surface area contributed by atoms with Gasteiger partial charge in [-0.15, -0.1) is 0 Å². The van der Waals surface area contributed by atoms with Gasteiger partial charge in [0.25, 0.3) is 5.56 Å². The second kappa shape index (κ2) is 7.67. The number of rotatable bonds is 5. The molecule has 3 heterocycles. The molecule has 0 unspecified atom stereocenters. The molecule has 0 radical (unpaired) electrons. The molecule has 0 atom stereocenters. The number of fused-ring (bicyclic) bond motifs is 1. The van der Waals surface area contributed by atoms with Gasteiger partial charge in [-0.2, -0.15) is 0 Å². The van der Waals surface area contributed by atoms with Gasteiger partial charge in [0.05, 0.1) is 25.9 Å². The van der Waals surface area contributed by atoms with Crippen molar-refractivity contribution in [3.05, 3.63) is 55.5 Å². The summed E-state index contributed by atoms with van der Waals surface area (Å²) < 4.78 is 24.0. The molecule has 1 aromatic carbocycles. The lowest BCUT2D eigenvalue weighted by molar-refractivity contribution is 0.324. The van der Waals surface area contributed by atoms with Crippen molar-refractivity contribution in [2.24, 2.45) is 4.99 Å². The Morgan fingerprint density at radius 2 is 1.86 bits per heavy atom. The standard InChI is InChI=1S/C20H21N3O5S/c1-12-5-6-14(28-12)9-17-19(24)23-11-22(10-21-20(23)29-17)13-7-15(25-2)18(27-4)16(8-13)26-3/h5-9H,10-11H2,1-4H3/b17-9+. The largest absolute Gasteiger partial charge is 0.493 e. The van der Waals surface area contributed by atoms with Crippen LogP contribution < -0.4 is 34.0 Å². The van der Waals surface area contributed by atoms with Crippen LogP contribution in [0.15, 0.2) is 38.5 Å². The Morgan fingerprint density at radius 1 is 1.14 bits per heavy atom. The van der Waals surface area contributed by atoms with Gasteiger partial charge in [-0.3, -0.25) is 9.36 Å². The van der Waals surface area contributed by atoms with Gasteiger partial charge in [-0.1, -0.05) is 11.3 Å². The average Bonchev–Trinajstić information content (AvgIpc) is 3.29. The van der Waals surface area contributed by atoms with Crippen LogP contribution in [0.4, 0.5) is 5.69 Å². The normalized spacial score (nSPS) is 13.8. The number of ether oxygens (including phenoxy) is 3. The molecule has 0 N–H and O–H groups in total. The van der Waals surface area contributed by atoms with Crippen molar-refractivity contribution in [1.29, 1.82) is 0 Å². The van der Waals surface area contributed by atoms with E-state index in [-0.39, 0.29) is 5.56 Å². The molecular weight excluding hydrogens is 394 g/mol. The van der Waals surface area contributed by atoms with Crippen LogP contribution in [0.3, 0.4) is 0 Å². The van der Waals surface area contributed by atoms with Crippen LogP contribution in [0.25, 0.3) is 6.08 Å². The third-order valence-corrected chi connectivity index (χ3v) is 5.67. The fraction of sp³-hybridized carbons (Fsp3) is 0.300. The summed E-state index contributed by atoms with van der Waals surface area (Å²) in [6.07, 6.45) is 1.75. The second-order valence-corrected chi connectivity index (χ2v) is 7.45.